The zero-order chi connectivity index (χ0) is 23.7. The second kappa shape index (κ2) is 9.19. The fourth-order valence-corrected chi connectivity index (χ4v) is 6.08. The van der Waals surface area contributed by atoms with Gasteiger partial charge in [0, 0.05) is 50.5 Å². The van der Waals surface area contributed by atoms with Gasteiger partial charge in [0.2, 0.25) is 10.0 Å². The van der Waals surface area contributed by atoms with Crippen molar-refractivity contribution in [2.45, 2.75) is 17.9 Å². The Morgan fingerprint density at radius 3 is 2.21 bits per heavy atom. The topological polar surface area (TPSA) is 60.9 Å². The van der Waals surface area contributed by atoms with Gasteiger partial charge >= 0.3 is 0 Å². The molecule has 2 heterocycles. The van der Waals surface area contributed by atoms with Crippen molar-refractivity contribution in [2.75, 3.05) is 37.6 Å². The van der Waals surface area contributed by atoms with Gasteiger partial charge in [0.15, 0.2) is 0 Å². The maximum Gasteiger partial charge on any atom is 0.253 e. The summed E-state index contributed by atoms with van der Waals surface area (Å²) < 4.78 is 40.4. The largest absolute Gasteiger partial charge is 0.367 e. The lowest BCUT2D eigenvalue weighted by Crippen LogP contribution is -2.50. The molecule has 0 unspecified atom stereocenters. The molecule has 2 aliphatic rings. The number of anilines is 1. The van der Waals surface area contributed by atoms with Gasteiger partial charge in [-0.3, -0.25) is 4.79 Å². The van der Waals surface area contributed by atoms with E-state index in [0.29, 0.717) is 5.56 Å². The predicted molar refractivity (Wildman–Crippen MR) is 129 cm³/mol. The van der Waals surface area contributed by atoms with Crippen LogP contribution in [-0.2, 0) is 23.0 Å². The van der Waals surface area contributed by atoms with Crippen LogP contribution < -0.4 is 4.90 Å². The van der Waals surface area contributed by atoms with E-state index in [4.69, 9.17) is 0 Å². The molecule has 5 rings (SSSR count). The number of halogens is 1. The Hall–Kier alpha value is -3.23. The van der Waals surface area contributed by atoms with Crippen molar-refractivity contribution in [2.24, 2.45) is 0 Å². The Morgan fingerprint density at radius 2 is 1.50 bits per heavy atom. The number of rotatable bonds is 4. The first-order valence-corrected chi connectivity index (χ1v) is 12.8. The van der Waals surface area contributed by atoms with E-state index in [1.807, 2.05) is 24.3 Å². The highest BCUT2D eigenvalue weighted by molar-refractivity contribution is 7.89. The second-order valence-corrected chi connectivity index (χ2v) is 10.6. The Balaban J connectivity index is 1.21. The van der Waals surface area contributed by atoms with Gasteiger partial charge < -0.3 is 9.80 Å². The minimum Gasteiger partial charge on any atom is -0.367 e. The normalized spacial score (nSPS) is 16.9. The summed E-state index contributed by atoms with van der Waals surface area (Å²) in [5.74, 6) is -0.703. The van der Waals surface area contributed by atoms with Crippen molar-refractivity contribution in [3.05, 3.63) is 95.3 Å². The highest BCUT2D eigenvalue weighted by atomic mass is 32.2. The molecule has 3 aromatic carbocycles. The van der Waals surface area contributed by atoms with Gasteiger partial charge in [-0.25, -0.2) is 12.8 Å². The second-order valence-electron chi connectivity index (χ2n) is 8.64. The highest BCUT2D eigenvalue weighted by Crippen LogP contribution is 2.25. The summed E-state index contributed by atoms with van der Waals surface area (Å²) in [4.78, 5) is 16.9. The van der Waals surface area contributed by atoms with E-state index < -0.39 is 15.8 Å². The Labute approximate surface area is 199 Å². The lowest BCUT2D eigenvalue weighted by atomic mass is 9.99. The molecule has 3 aromatic rings. The summed E-state index contributed by atoms with van der Waals surface area (Å²) in [6, 6.07) is 21.1. The predicted octanol–water partition coefficient (Wildman–Crippen LogP) is 3.54. The van der Waals surface area contributed by atoms with E-state index in [1.165, 1.54) is 33.6 Å². The van der Waals surface area contributed by atoms with Crippen molar-refractivity contribution in [1.29, 1.82) is 0 Å². The van der Waals surface area contributed by atoms with E-state index in [0.717, 1.165) is 31.3 Å². The third-order valence-electron chi connectivity index (χ3n) is 6.57. The molecule has 1 fully saturated rings. The van der Waals surface area contributed by atoms with E-state index in [-0.39, 0.29) is 37.0 Å². The Morgan fingerprint density at radius 1 is 0.794 bits per heavy atom. The number of hydrogen-bond donors (Lipinski definition) is 0. The fraction of sp³-hybridized carbons (Fsp3) is 0.269. The number of benzene rings is 3. The van der Waals surface area contributed by atoms with E-state index in [2.05, 4.69) is 29.2 Å². The van der Waals surface area contributed by atoms with Crippen molar-refractivity contribution < 1.29 is 17.6 Å². The van der Waals surface area contributed by atoms with Gasteiger partial charge in [-0.05, 0) is 60.0 Å². The van der Waals surface area contributed by atoms with Gasteiger partial charge in [-0.2, -0.15) is 4.31 Å². The van der Waals surface area contributed by atoms with Crippen LogP contribution in [0.25, 0.3) is 0 Å². The number of sulfonamides is 1. The first-order chi connectivity index (χ1) is 16.4. The molecule has 6 nitrogen and oxygen atoms in total. The smallest absolute Gasteiger partial charge is 0.253 e. The quantitative estimate of drug-likeness (QED) is 0.575. The van der Waals surface area contributed by atoms with Crippen LogP contribution in [-0.4, -0.2) is 56.3 Å². The maximum atomic E-state index is 13.5. The number of fused-ring (bicyclic) bond motifs is 1. The third kappa shape index (κ3) is 4.43. The molecule has 34 heavy (non-hydrogen) atoms. The Bertz CT molecular complexity index is 1300. The summed E-state index contributed by atoms with van der Waals surface area (Å²) in [5, 5.41) is 0. The van der Waals surface area contributed by atoms with E-state index in [1.54, 1.807) is 4.90 Å². The molecule has 0 spiro atoms. The molecule has 176 valence electrons. The number of hydrogen-bond acceptors (Lipinski definition) is 4. The summed E-state index contributed by atoms with van der Waals surface area (Å²) in [6.45, 7) is 2.72. The summed E-state index contributed by atoms with van der Waals surface area (Å²) in [6.07, 6.45) is 1.000. The van der Waals surface area contributed by atoms with Gasteiger partial charge in [0.1, 0.15) is 5.82 Å². The minimum absolute atomic E-state index is 0.0665. The SMILES string of the molecule is O=C(c1ccc(N2CCc3ccccc3C2)cc1)N1CCN(S(=O)(=O)c2cccc(F)c2)CC1. The standard InChI is InChI=1S/C26H26FN3O3S/c27-23-6-3-7-25(18-23)34(32,33)30-16-14-28(15-17-30)26(31)21-8-10-24(11-9-21)29-13-12-20-4-1-2-5-22(20)19-29/h1-11,18H,12-17,19H2. The molecule has 2 aliphatic heterocycles. The average molecular weight is 480 g/mol. The zero-order valence-corrected chi connectivity index (χ0v) is 19.5. The summed E-state index contributed by atoms with van der Waals surface area (Å²) >= 11 is 0. The first-order valence-electron chi connectivity index (χ1n) is 11.4. The summed E-state index contributed by atoms with van der Waals surface area (Å²) in [5.41, 5.74) is 4.39. The molecule has 1 saturated heterocycles. The van der Waals surface area contributed by atoms with Crippen molar-refractivity contribution in [3.8, 4) is 0 Å². The molecule has 0 N–H and O–H groups in total. The number of piperazine rings is 1. The number of carbonyl (C=O) groups is 1. The van der Waals surface area contributed by atoms with Crippen LogP contribution in [0, 0.1) is 5.82 Å². The fourth-order valence-electron chi connectivity index (χ4n) is 4.62. The Kier molecular flexibility index (Phi) is 6.10. The molecule has 0 aliphatic carbocycles. The van der Waals surface area contributed by atoms with E-state index in [9.17, 15) is 17.6 Å². The monoisotopic (exact) mass is 479 g/mol. The number of amides is 1. The first kappa shape index (κ1) is 22.6. The van der Waals surface area contributed by atoms with Gasteiger partial charge in [0.05, 0.1) is 4.90 Å². The van der Waals surface area contributed by atoms with Crippen LogP contribution in [0.1, 0.15) is 21.5 Å². The molecule has 0 atom stereocenters. The summed E-state index contributed by atoms with van der Waals surface area (Å²) in [7, 11) is -3.79. The molecular weight excluding hydrogens is 453 g/mol. The average Bonchev–Trinajstić information content (AvgIpc) is 2.88. The maximum absolute atomic E-state index is 13.5. The van der Waals surface area contributed by atoms with Gasteiger partial charge in [-0.1, -0.05) is 30.3 Å². The number of carbonyl (C=O) groups excluding carboxylic acids is 1. The lowest BCUT2D eigenvalue weighted by Gasteiger charge is -2.34. The van der Waals surface area contributed by atoms with Crippen LogP contribution in [0.5, 0.6) is 0 Å². The third-order valence-corrected chi connectivity index (χ3v) is 8.46. The highest BCUT2D eigenvalue weighted by Gasteiger charge is 2.30. The number of nitrogens with zero attached hydrogens (tertiary/aromatic N) is 3. The van der Waals surface area contributed by atoms with E-state index >= 15 is 0 Å². The van der Waals surface area contributed by atoms with Crippen LogP contribution in [0.15, 0.2) is 77.7 Å². The van der Waals surface area contributed by atoms with Crippen LogP contribution in [0.3, 0.4) is 0 Å². The molecule has 0 radical (unpaired) electrons. The van der Waals surface area contributed by atoms with Crippen molar-refractivity contribution in [1.82, 2.24) is 9.21 Å². The van der Waals surface area contributed by atoms with Gasteiger partial charge in [-0.15, -0.1) is 0 Å². The lowest BCUT2D eigenvalue weighted by molar-refractivity contribution is 0.0698. The molecule has 0 bridgehead atoms. The van der Waals surface area contributed by atoms with Crippen molar-refractivity contribution >= 4 is 21.6 Å². The molecule has 1 amide bonds. The van der Waals surface area contributed by atoms with Crippen molar-refractivity contribution in [3.63, 3.8) is 0 Å². The van der Waals surface area contributed by atoms with Gasteiger partial charge in [0.25, 0.3) is 5.91 Å². The van der Waals surface area contributed by atoms with Crippen LogP contribution in [0.2, 0.25) is 0 Å². The molecule has 8 heteroatoms. The van der Waals surface area contributed by atoms with Crippen LogP contribution >= 0.6 is 0 Å². The minimum atomic E-state index is -3.79. The zero-order valence-electron chi connectivity index (χ0n) is 18.7. The molecule has 0 saturated carbocycles. The molecular formula is C26H26FN3O3S. The molecule has 0 aromatic heterocycles. The van der Waals surface area contributed by atoms with Crippen LogP contribution in [0.4, 0.5) is 10.1 Å².